The largest absolute Gasteiger partial charge is 0.461 e. The Morgan fingerprint density at radius 1 is 1.06 bits per heavy atom. The number of carbonyl (C=O) groups excluding carboxylic acids is 2. The first-order valence-electron chi connectivity index (χ1n) is 12.0. The molecule has 8 heteroatoms. The minimum Gasteiger partial charge on any atom is -0.461 e. The first-order chi connectivity index (χ1) is 15.2. The van der Waals surface area contributed by atoms with Gasteiger partial charge in [0.15, 0.2) is 6.10 Å². The van der Waals surface area contributed by atoms with E-state index in [4.69, 9.17) is 9.47 Å². The van der Waals surface area contributed by atoms with Gasteiger partial charge in [-0.05, 0) is 38.5 Å². The Kier molecular flexibility index (Phi) is 5.61. The molecule has 4 N–H and O–H groups in total. The fraction of sp³-hybridized carbons (Fsp3) is 0.840. The standard InChI is InChI=1S/C25H38O8/c1-7-18(28)33-21-19(29)24-11-23(6,30)15(20(24)32-13(3)26)9-8-14(24)12(2)16-10-17(27)22(4,5)25(16,21)31/h14-17,19-21,27,29-31H,2,7-11H2,1,3-6H3/t14-,15+,16-,17-,19+,20-,21+,23+,24-,25-/m0/s1. The molecule has 0 aromatic rings. The van der Waals surface area contributed by atoms with Gasteiger partial charge in [0.1, 0.15) is 17.8 Å². The van der Waals surface area contributed by atoms with E-state index in [0.717, 1.165) is 0 Å². The molecule has 4 fully saturated rings. The van der Waals surface area contributed by atoms with Crippen molar-refractivity contribution in [1.29, 1.82) is 0 Å². The van der Waals surface area contributed by atoms with E-state index in [9.17, 15) is 30.0 Å². The van der Waals surface area contributed by atoms with Crippen LogP contribution in [-0.4, -0.2) is 68.0 Å². The predicted molar refractivity (Wildman–Crippen MR) is 118 cm³/mol. The van der Waals surface area contributed by atoms with Gasteiger partial charge >= 0.3 is 11.9 Å². The van der Waals surface area contributed by atoms with E-state index < -0.39 is 76.1 Å². The number of carbonyl (C=O) groups is 2. The van der Waals surface area contributed by atoms with Gasteiger partial charge in [0.05, 0.1) is 11.7 Å². The summed E-state index contributed by atoms with van der Waals surface area (Å²) in [6.07, 6.45) is -3.08. The average Bonchev–Trinajstić information content (AvgIpc) is 2.96. The highest BCUT2D eigenvalue weighted by atomic mass is 16.6. The van der Waals surface area contributed by atoms with Crippen molar-refractivity contribution in [2.75, 3.05) is 0 Å². The lowest BCUT2D eigenvalue weighted by atomic mass is 9.59. The maximum absolute atomic E-state index is 12.5. The molecular weight excluding hydrogens is 428 g/mol. The molecule has 4 saturated carbocycles. The minimum atomic E-state index is -1.80. The van der Waals surface area contributed by atoms with Gasteiger partial charge in [-0.15, -0.1) is 0 Å². The number of fused-ring (bicyclic) bond motifs is 2. The molecule has 0 radical (unpaired) electrons. The molecule has 0 amide bonds. The van der Waals surface area contributed by atoms with Crippen LogP contribution in [0.15, 0.2) is 12.2 Å². The van der Waals surface area contributed by atoms with Crippen LogP contribution in [0, 0.1) is 28.6 Å². The fourth-order valence-corrected chi connectivity index (χ4v) is 7.89. The van der Waals surface area contributed by atoms with Crippen molar-refractivity contribution in [2.24, 2.45) is 28.6 Å². The molecule has 1 spiro atoms. The van der Waals surface area contributed by atoms with Gasteiger partial charge < -0.3 is 29.9 Å². The Hall–Kier alpha value is -1.48. The monoisotopic (exact) mass is 466 g/mol. The third-order valence-corrected chi connectivity index (χ3v) is 9.63. The zero-order valence-electron chi connectivity index (χ0n) is 20.2. The van der Waals surface area contributed by atoms with Crippen LogP contribution in [-0.2, 0) is 19.1 Å². The molecule has 186 valence electrons. The van der Waals surface area contributed by atoms with E-state index >= 15 is 0 Å². The van der Waals surface area contributed by atoms with Crippen LogP contribution in [0.1, 0.15) is 66.7 Å². The second-order valence-electron chi connectivity index (χ2n) is 11.5. The Morgan fingerprint density at radius 3 is 2.27 bits per heavy atom. The summed E-state index contributed by atoms with van der Waals surface area (Å²) in [6.45, 7) is 12.3. The highest BCUT2D eigenvalue weighted by Crippen LogP contribution is 2.69. The second-order valence-corrected chi connectivity index (χ2v) is 11.5. The molecule has 0 aromatic heterocycles. The number of hydrogen-bond acceptors (Lipinski definition) is 8. The van der Waals surface area contributed by atoms with Crippen LogP contribution in [0.25, 0.3) is 0 Å². The van der Waals surface area contributed by atoms with E-state index in [0.29, 0.717) is 18.4 Å². The van der Waals surface area contributed by atoms with E-state index in [2.05, 4.69) is 6.58 Å². The summed E-state index contributed by atoms with van der Waals surface area (Å²) in [5.41, 5.74) is -4.70. The molecular formula is C25H38O8. The first-order valence-corrected chi connectivity index (χ1v) is 12.0. The van der Waals surface area contributed by atoms with Gasteiger partial charge in [0, 0.05) is 36.0 Å². The van der Waals surface area contributed by atoms with Crippen molar-refractivity contribution in [3.05, 3.63) is 12.2 Å². The maximum atomic E-state index is 12.5. The number of hydrogen-bond donors (Lipinski definition) is 4. The summed E-state index contributed by atoms with van der Waals surface area (Å²) in [5.74, 6) is -2.57. The molecule has 4 rings (SSSR count). The van der Waals surface area contributed by atoms with Crippen molar-refractivity contribution < 1.29 is 39.5 Å². The van der Waals surface area contributed by atoms with Crippen LogP contribution < -0.4 is 0 Å². The summed E-state index contributed by atoms with van der Waals surface area (Å²) in [5, 5.41) is 46.6. The molecule has 0 unspecified atom stereocenters. The van der Waals surface area contributed by atoms with Gasteiger partial charge in [0.25, 0.3) is 0 Å². The molecule has 8 nitrogen and oxygen atoms in total. The van der Waals surface area contributed by atoms with E-state index in [1.54, 1.807) is 27.7 Å². The van der Waals surface area contributed by atoms with Gasteiger partial charge in [-0.1, -0.05) is 32.9 Å². The predicted octanol–water partition coefficient (Wildman–Crippen LogP) is 1.48. The molecule has 33 heavy (non-hydrogen) atoms. The van der Waals surface area contributed by atoms with Crippen molar-refractivity contribution in [1.82, 2.24) is 0 Å². The SMILES string of the molecule is C=C1[C@@H]2CC[C@@H]3[C@H](OC(C)=O)[C@]2(C[C@@]3(C)O)[C@H](O)[C@@H](OC(=O)CC)[C@@]2(O)[C@H]1C[C@H](O)C2(C)C. The molecule has 4 aliphatic rings. The van der Waals surface area contributed by atoms with Gasteiger partial charge in [-0.25, -0.2) is 0 Å². The summed E-state index contributed by atoms with van der Waals surface area (Å²) < 4.78 is 11.6. The lowest BCUT2D eigenvalue weighted by Crippen LogP contribution is -2.65. The fourth-order valence-electron chi connectivity index (χ4n) is 7.89. The Bertz CT molecular complexity index is 864. The van der Waals surface area contributed by atoms with Crippen LogP contribution >= 0.6 is 0 Å². The summed E-state index contributed by atoms with van der Waals surface area (Å²) >= 11 is 0. The third-order valence-electron chi connectivity index (χ3n) is 9.63. The summed E-state index contributed by atoms with van der Waals surface area (Å²) in [6, 6.07) is 0. The maximum Gasteiger partial charge on any atom is 0.305 e. The molecule has 0 aromatic carbocycles. The Labute approximate surface area is 195 Å². The van der Waals surface area contributed by atoms with Gasteiger partial charge in [0.2, 0.25) is 0 Å². The second kappa shape index (κ2) is 7.51. The Morgan fingerprint density at radius 2 is 1.70 bits per heavy atom. The lowest BCUT2D eigenvalue weighted by molar-refractivity contribution is -0.236. The molecule has 0 heterocycles. The molecule has 0 saturated heterocycles. The first kappa shape index (κ1) is 24.6. The number of ether oxygens (including phenoxy) is 2. The normalized spacial score (nSPS) is 50.2. The topological polar surface area (TPSA) is 134 Å². The average molecular weight is 467 g/mol. The van der Waals surface area contributed by atoms with E-state index in [1.165, 1.54) is 6.92 Å². The highest BCUT2D eigenvalue weighted by molar-refractivity contribution is 5.69. The van der Waals surface area contributed by atoms with Crippen molar-refractivity contribution in [3.8, 4) is 0 Å². The van der Waals surface area contributed by atoms with Crippen molar-refractivity contribution in [2.45, 2.75) is 102 Å². The van der Waals surface area contributed by atoms with Gasteiger partial charge in [-0.3, -0.25) is 9.59 Å². The molecule has 10 atom stereocenters. The van der Waals surface area contributed by atoms with E-state index in [-0.39, 0.29) is 19.3 Å². The summed E-state index contributed by atoms with van der Waals surface area (Å²) in [4.78, 5) is 24.7. The Balaban J connectivity index is 1.96. The van der Waals surface area contributed by atoms with Crippen LogP contribution in [0.5, 0.6) is 0 Å². The summed E-state index contributed by atoms with van der Waals surface area (Å²) in [7, 11) is 0. The number of aliphatic hydroxyl groups excluding tert-OH is 2. The van der Waals surface area contributed by atoms with Gasteiger partial charge in [-0.2, -0.15) is 0 Å². The number of esters is 2. The molecule has 0 aliphatic heterocycles. The number of aliphatic hydroxyl groups is 4. The number of rotatable bonds is 3. The van der Waals surface area contributed by atoms with Crippen molar-refractivity contribution in [3.63, 3.8) is 0 Å². The van der Waals surface area contributed by atoms with Crippen LogP contribution in [0.4, 0.5) is 0 Å². The lowest BCUT2D eigenvalue weighted by Gasteiger charge is -2.51. The molecule has 2 bridgehead atoms. The zero-order chi connectivity index (χ0) is 24.7. The van der Waals surface area contributed by atoms with Crippen LogP contribution in [0.3, 0.4) is 0 Å². The zero-order valence-corrected chi connectivity index (χ0v) is 20.2. The highest BCUT2D eigenvalue weighted by Gasteiger charge is 2.77. The van der Waals surface area contributed by atoms with Crippen LogP contribution in [0.2, 0.25) is 0 Å². The minimum absolute atomic E-state index is 0.0397. The van der Waals surface area contributed by atoms with Crippen molar-refractivity contribution >= 4 is 11.9 Å². The quantitative estimate of drug-likeness (QED) is 0.363. The van der Waals surface area contributed by atoms with E-state index in [1.807, 2.05) is 0 Å². The third kappa shape index (κ3) is 3.03. The molecule has 4 aliphatic carbocycles. The smallest absolute Gasteiger partial charge is 0.305 e.